The van der Waals surface area contributed by atoms with E-state index >= 15 is 0 Å². The lowest BCUT2D eigenvalue weighted by Crippen LogP contribution is -2.29. The number of aliphatic hydroxyl groups excluding tert-OH is 2. The minimum absolute atomic E-state index is 0.0376. The number of hydrazone groups is 1. The number of benzene rings is 5. The molecule has 5 aromatic rings. The number of anilines is 1. The summed E-state index contributed by atoms with van der Waals surface area (Å²) < 4.78 is 87.1. The molecule has 1 aliphatic rings. The predicted octanol–water partition coefficient (Wildman–Crippen LogP) is 6.92. The smallest absolute Gasteiger partial charge is 0.296 e. The Hall–Kier alpha value is -6.53. The van der Waals surface area contributed by atoms with Crippen molar-refractivity contribution in [2.45, 2.75) is 27.7 Å². The van der Waals surface area contributed by atoms with E-state index < -0.39 is 56.0 Å². The Labute approximate surface area is 366 Å². The Morgan fingerprint density at radius 1 is 0.781 bits per heavy atom. The van der Waals surface area contributed by atoms with Gasteiger partial charge in [-0.15, -0.1) is 24.8 Å². The van der Waals surface area contributed by atoms with Crippen molar-refractivity contribution in [1.29, 1.82) is 0 Å². The van der Waals surface area contributed by atoms with Gasteiger partial charge in [-0.25, -0.2) is 5.26 Å². The summed E-state index contributed by atoms with van der Waals surface area (Å²) in [5, 5.41) is 73.9. The highest BCUT2D eigenvalue weighted by atomic mass is 32.2. The number of aliphatic hydroxyl groups is 2. The highest BCUT2D eigenvalue weighted by Crippen LogP contribution is 2.47. The first-order chi connectivity index (χ1) is 30.6. The second kappa shape index (κ2) is 20.3. The van der Waals surface area contributed by atoms with Gasteiger partial charge in [-0.1, -0.05) is 5.04 Å². The summed E-state index contributed by atoms with van der Waals surface area (Å²) >= 11 is 0.430. The summed E-state index contributed by atoms with van der Waals surface area (Å²) in [5.41, 5.74) is 0.106. The molecule has 1 unspecified atom stereocenters. The number of hydrogen-bond acceptors (Lipinski definition) is 22. The minimum atomic E-state index is -4.78. The lowest BCUT2D eigenvalue weighted by atomic mass is 10.1. The normalized spacial score (nSPS) is 14.7. The van der Waals surface area contributed by atoms with Crippen molar-refractivity contribution >= 4 is 88.8 Å². The molecule has 27 heteroatoms. The maximum atomic E-state index is 13.2. The van der Waals surface area contributed by atoms with Crippen LogP contribution in [0.5, 0.6) is 23.0 Å². The topological polar surface area (TPSA) is 343 Å². The standard InChI is InChI=1S/C37H34N8O16S3/c1-20-34(37(49)45(44-20)23-4-7-25(8-5-23)63(51,52)53)42-38-22-3-9-26-21(15-22)16-32(62-61-60-50)35(36(26)48)43-41-29-19-30(58-13-11-46)28(18-31(29)59-14-12-47)40-39-27-10-6-24(57-2)17-33(27)64(54,55)56/h3-10,15-19,34,46-48,50H,11-14H2,1-2H3,(H,51,52,53)(H,54,55,56). The van der Waals surface area contributed by atoms with E-state index in [0.717, 1.165) is 23.2 Å². The van der Waals surface area contributed by atoms with Crippen molar-refractivity contribution in [2.24, 2.45) is 35.8 Å². The molecule has 6 N–H and O–H groups in total. The molecule has 1 amide bonds. The molecule has 0 bridgehead atoms. The first kappa shape index (κ1) is 47.0. The number of aromatic hydroxyl groups is 1. The SMILES string of the molecule is COc1ccc(N=Nc2cc(OCCO)c(N=Nc3c(SOOO)cc4cc(N=NC5C(=O)N(c6ccc(S(=O)(=O)O)cc6)N=C5C)ccc4c3O)cc2OCCO)c(S(=O)(=O)O)c1. The van der Waals surface area contributed by atoms with Crippen molar-refractivity contribution in [3.63, 3.8) is 0 Å². The molecule has 0 fully saturated rings. The summed E-state index contributed by atoms with van der Waals surface area (Å²) in [6.07, 6.45) is 0. The van der Waals surface area contributed by atoms with Crippen LogP contribution in [0.15, 0.2) is 129 Å². The average Bonchev–Trinajstić information content (AvgIpc) is 3.56. The van der Waals surface area contributed by atoms with Gasteiger partial charge in [0.2, 0.25) is 0 Å². The van der Waals surface area contributed by atoms with Gasteiger partial charge in [0.05, 0.1) is 59.2 Å². The van der Waals surface area contributed by atoms with Crippen molar-refractivity contribution in [3.8, 4) is 23.0 Å². The van der Waals surface area contributed by atoms with Crippen LogP contribution in [-0.2, 0) is 34.4 Å². The van der Waals surface area contributed by atoms with E-state index in [9.17, 15) is 46.1 Å². The van der Waals surface area contributed by atoms with Gasteiger partial charge >= 0.3 is 0 Å². The van der Waals surface area contributed by atoms with E-state index in [4.69, 9.17) is 19.5 Å². The quantitative estimate of drug-likeness (QED) is 0.0161. The third-order valence-corrected chi connectivity index (χ3v) is 11.0. The number of carbonyl (C=O) groups is 1. The number of azo groups is 3. The first-order valence-corrected chi connectivity index (χ1v) is 21.6. The molecule has 0 aromatic heterocycles. The number of hydrogen-bond donors (Lipinski definition) is 6. The van der Waals surface area contributed by atoms with Crippen molar-refractivity contribution < 1.29 is 74.9 Å². The minimum Gasteiger partial charge on any atom is -0.505 e. The zero-order valence-electron chi connectivity index (χ0n) is 33.0. The van der Waals surface area contributed by atoms with Crippen molar-refractivity contribution in [3.05, 3.63) is 78.9 Å². The van der Waals surface area contributed by atoms with E-state index in [2.05, 4.69) is 45.2 Å². The van der Waals surface area contributed by atoms with Crippen molar-refractivity contribution in [2.75, 3.05) is 38.5 Å². The van der Waals surface area contributed by atoms with Gasteiger partial charge in [-0.2, -0.15) is 37.2 Å². The lowest BCUT2D eigenvalue weighted by molar-refractivity contribution is -0.432. The molecule has 0 radical (unpaired) electrons. The van der Waals surface area contributed by atoms with Crippen LogP contribution >= 0.6 is 12.0 Å². The monoisotopic (exact) mass is 942 g/mol. The second-order valence-electron chi connectivity index (χ2n) is 12.8. The van der Waals surface area contributed by atoms with E-state index in [0.29, 0.717) is 17.4 Å². The van der Waals surface area contributed by atoms with Crippen LogP contribution in [0.1, 0.15) is 6.92 Å². The van der Waals surface area contributed by atoms with Crippen molar-refractivity contribution in [1.82, 2.24) is 0 Å². The summed E-state index contributed by atoms with van der Waals surface area (Å²) in [6.45, 7) is 0.171. The molecule has 24 nitrogen and oxygen atoms in total. The molecular weight excluding hydrogens is 909 g/mol. The number of methoxy groups -OCH3 is 1. The fourth-order valence-electron chi connectivity index (χ4n) is 5.73. The highest BCUT2D eigenvalue weighted by molar-refractivity contribution is 7.94. The Bertz CT molecular complexity index is 2920. The molecule has 6 rings (SSSR count). The third kappa shape index (κ3) is 11.0. The molecule has 1 heterocycles. The highest BCUT2D eigenvalue weighted by Gasteiger charge is 2.35. The summed E-state index contributed by atoms with van der Waals surface area (Å²) in [7, 11) is -7.94. The molecule has 0 spiro atoms. The Morgan fingerprint density at radius 2 is 1.42 bits per heavy atom. The molecule has 1 aliphatic heterocycles. The zero-order chi connectivity index (χ0) is 46.2. The zero-order valence-corrected chi connectivity index (χ0v) is 35.4. The predicted molar refractivity (Wildman–Crippen MR) is 224 cm³/mol. The van der Waals surface area contributed by atoms with E-state index in [1.807, 2.05) is 0 Å². The van der Waals surface area contributed by atoms with Gasteiger partial charge < -0.3 is 29.5 Å². The number of fused-ring (bicyclic) bond motifs is 1. The average molecular weight is 943 g/mol. The van der Waals surface area contributed by atoms with Gasteiger partial charge in [0.15, 0.2) is 11.8 Å². The van der Waals surface area contributed by atoms with Crippen LogP contribution in [0, 0.1) is 0 Å². The third-order valence-electron chi connectivity index (χ3n) is 8.66. The Kier molecular flexibility index (Phi) is 14.9. The molecule has 0 saturated heterocycles. The molecule has 1 atom stereocenters. The molecule has 64 heavy (non-hydrogen) atoms. The van der Waals surface area contributed by atoms with Crippen LogP contribution in [0.25, 0.3) is 10.8 Å². The van der Waals surface area contributed by atoms with Crippen LogP contribution in [-0.4, -0.2) is 97.7 Å². The maximum Gasteiger partial charge on any atom is 0.296 e. The number of amides is 1. The van der Waals surface area contributed by atoms with Crippen LogP contribution in [0.4, 0.5) is 34.1 Å². The van der Waals surface area contributed by atoms with Gasteiger partial charge in [0, 0.05) is 23.6 Å². The van der Waals surface area contributed by atoms with Gasteiger partial charge in [-0.05, 0) is 73.0 Å². The van der Waals surface area contributed by atoms with Gasteiger partial charge in [0.25, 0.3) is 26.1 Å². The number of ether oxygens (including phenoxy) is 3. The molecule has 0 saturated carbocycles. The fourth-order valence-corrected chi connectivity index (χ4v) is 7.34. The van der Waals surface area contributed by atoms with E-state index in [1.165, 1.54) is 67.8 Å². The molecule has 0 aliphatic carbocycles. The molecule has 5 aromatic carbocycles. The summed E-state index contributed by atoms with van der Waals surface area (Å²) in [6, 6.07) is 15.8. The number of phenolic OH excluding ortho intramolecular Hbond substituents is 1. The number of rotatable bonds is 19. The van der Waals surface area contributed by atoms with Crippen LogP contribution in [0.2, 0.25) is 0 Å². The first-order valence-electron chi connectivity index (χ1n) is 18.0. The largest absolute Gasteiger partial charge is 0.505 e. The van der Waals surface area contributed by atoms with E-state index in [-0.39, 0.29) is 85.5 Å². The van der Waals surface area contributed by atoms with Gasteiger partial charge in [0.1, 0.15) is 58.1 Å². The number of carbonyl (C=O) groups excluding carboxylic acids is 1. The lowest BCUT2D eigenvalue weighted by Gasteiger charge is -2.13. The van der Waals surface area contributed by atoms with Gasteiger partial charge in [-0.3, -0.25) is 13.9 Å². The maximum absolute atomic E-state index is 13.2. The number of nitrogens with zero attached hydrogens (tertiary/aromatic N) is 8. The van der Waals surface area contributed by atoms with E-state index in [1.54, 1.807) is 6.92 Å². The molecule has 336 valence electrons. The molecular formula is C37H34N8O16S3. The Balaban J connectivity index is 1.33. The summed E-state index contributed by atoms with van der Waals surface area (Å²) in [5.74, 6) is -1.04. The summed E-state index contributed by atoms with van der Waals surface area (Å²) in [4.78, 5) is 12.3. The number of phenols is 1. The second-order valence-corrected chi connectivity index (χ2v) is 16.4. The Morgan fingerprint density at radius 3 is 2.02 bits per heavy atom. The fraction of sp³-hybridized carbons (Fsp3) is 0.189. The van der Waals surface area contributed by atoms with Crippen LogP contribution < -0.4 is 19.2 Å². The van der Waals surface area contributed by atoms with Crippen LogP contribution in [0.3, 0.4) is 0 Å².